The third-order valence-corrected chi connectivity index (χ3v) is 4.72. The molecule has 0 unspecified atom stereocenters. The molecule has 3 rings (SSSR count). The van der Waals surface area contributed by atoms with Crippen LogP contribution in [0.4, 0.5) is 0 Å². The van der Waals surface area contributed by atoms with Crippen LogP contribution in [-0.4, -0.2) is 43.8 Å². The van der Waals surface area contributed by atoms with Crippen molar-refractivity contribution in [2.45, 2.75) is 25.2 Å². The van der Waals surface area contributed by atoms with E-state index in [1.54, 1.807) is 32.2 Å². The Hall–Kier alpha value is -2.34. The predicted molar refractivity (Wildman–Crippen MR) is 85.9 cm³/mol. The molecule has 1 aromatic carbocycles. The van der Waals surface area contributed by atoms with Crippen LogP contribution >= 0.6 is 0 Å². The summed E-state index contributed by atoms with van der Waals surface area (Å²) in [6.07, 6.45) is 0.893. The summed E-state index contributed by atoms with van der Waals surface area (Å²) < 4.78 is 15.7. The van der Waals surface area contributed by atoms with Crippen molar-refractivity contribution >= 4 is 17.5 Å². The van der Waals surface area contributed by atoms with E-state index in [0.29, 0.717) is 42.9 Å². The van der Waals surface area contributed by atoms with E-state index >= 15 is 0 Å². The Morgan fingerprint density at radius 1 is 1.33 bits per heavy atom. The van der Waals surface area contributed by atoms with E-state index in [-0.39, 0.29) is 17.9 Å². The molecule has 1 aliphatic heterocycles. The summed E-state index contributed by atoms with van der Waals surface area (Å²) in [6.45, 7) is 2.62. The number of aliphatic hydroxyl groups excluding tert-OH is 1. The number of methoxy groups -OCH3 is 1. The third-order valence-electron chi connectivity index (χ3n) is 4.72. The first-order valence-corrected chi connectivity index (χ1v) is 7.97. The maximum atomic E-state index is 13.2. The Bertz CT molecular complexity index is 712. The average molecular weight is 332 g/mol. The maximum absolute atomic E-state index is 13.2. The lowest BCUT2D eigenvalue weighted by Gasteiger charge is -2.40. The van der Waals surface area contributed by atoms with Crippen molar-refractivity contribution in [3.63, 3.8) is 0 Å². The molecule has 1 saturated heterocycles. The second-order valence-corrected chi connectivity index (χ2v) is 5.88. The molecule has 0 amide bonds. The molecule has 1 fully saturated rings. The van der Waals surface area contributed by atoms with E-state index < -0.39 is 17.2 Å². The predicted octanol–water partition coefficient (Wildman–Crippen LogP) is 2.16. The zero-order valence-electron chi connectivity index (χ0n) is 13.8. The molecule has 0 saturated carbocycles. The van der Waals surface area contributed by atoms with Gasteiger partial charge in [-0.2, -0.15) is 0 Å². The Labute approximate surface area is 140 Å². The first-order valence-electron chi connectivity index (χ1n) is 7.97. The topological polar surface area (TPSA) is 82.1 Å². The molecule has 1 spiro atoms. The zero-order chi connectivity index (χ0) is 17.3. The Kier molecular flexibility index (Phi) is 4.32. The number of hydrogen-bond donors (Lipinski definition) is 1. The first-order chi connectivity index (χ1) is 11.5. The monoisotopic (exact) mass is 332 g/mol. The molecule has 0 atom stereocenters. The lowest BCUT2D eigenvalue weighted by molar-refractivity contribution is -0.141. The standard InChI is InChI=1S/C18H20O6/c1-3-24-17(21)14-15(19)12-5-4-11(22-2)10-13(12)18(16(14)20)6-8-23-9-7-18/h4-5,10,19H,3,6-9H2,1-2H3. The second kappa shape index (κ2) is 6.28. The smallest absolute Gasteiger partial charge is 0.345 e. The summed E-state index contributed by atoms with van der Waals surface area (Å²) in [6, 6.07) is 5.13. The van der Waals surface area contributed by atoms with E-state index in [0.717, 1.165) is 0 Å². The molecule has 6 nitrogen and oxygen atoms in total. The third kappa shape index (κ3) is 2.38. The number of hydrogen-bond acceptors (Lipinski definition) is 6. The lowest BCUT2D eigenvalue weighted by atomic mass is 9.64. The van der Waals surface area contributed by atoms with Gasteiger partial charge in [0.1, 0.15) is 17.1 Å². The molecular formula is C18H20O6. The molecule has 1 heterocycles. The number of esters is 1. The number of Topliss-reactive ketones (excluding diaryl/α,β-unsaturated/α-hetero) is 1. The van der Waals surface area contributed by atoms with Gasteiger partial charge in [-0.3, -0.25) is 4.79 Å². The molecule has 2 aliphatic rings. The average Bonchev–Trinajstić information content (AvgIpc) is 2.61. The van der Waals surface area contributed by atoms with Gasteiger partial charge in [0, 0.05) is 18.8 Å². The normalized spacial score (nSPS) is 19.2. The highest BCUT2D eigenvalue weighted by molar-refractivity contribution is 6.27. The fourth-order valence-electron chi connectivity index (χ4n) is 3.47. The van der Waals surface area contributed by atoms with Crippen molar-refractivity contribution in [3.8, 4) is 5.75 Å². The molecule has 0 bridgehead atoms. The van der Waals surface area contributed by atoms with Gasteiger partial charge in [-0.25, -0.2) is 4.79 Å². The minimum atomic E-state index is -0.892. The maximum Gasteiger partial charge on any atom is 0.345 e. The molecular weight excluding hydrogens is 312 g/mol. The van der Waals surface area contributed by atoms with Crippen molar-refractivity contribution < 1.29 is 28.9 Å². The summed E-state index contributed by atoms with van der Waals surface area (Å²) in [5, 5.41) is 10.6. The quantitative estimate of drug-likeness (QED) is 0.675. The van der Waals surface area contributed by atoms with E-state index in [1.165, 1.54) is 0 Å². The van der Waals surface area contributed by atoms with Gasteiger partial charge >= 0.3 is 5.97 Å². The Morgan fingerprint density at radius 3 is 2.67 bits per heavy atom. The van der Waals surface area contributed by atoms with Crippen LogP contribution in [-0.2, 0) is 24.5 Å². The van der Waals surface area contributed by atoms with Gasteiger partial charge in [0.2, 0.25) is 0 Å². The van der Waals surface area contributed by atoms with Crippen molar-refractivity contribution in [1.82, 2.24) is 0 Å². The number of benzene rings is 1. The SMILES string of the molecule is CCOC(=O)C1=C(O)c2ccc(OC)cc2C2(CCOCC2)C1=O. The van der Waals surface area contributed by atoms with Gasteiger partial charge < -0.3 is 19.3 Å². The number of carbonyl (C=O) groups excluding carboxylic acids is 2. The number of fused-ring (bicyclic) bond motifs is 2. The molecule has 1 aliphatic carbocycles. The van der Waals surface area contributed by atoms with Crippen LogP contribution in [0.15, 0.2) is 23.8 Å². The molecule has 0 aromatic heterocycles. The summed E-state index contributed by atoms with van der Waals surface area (Å²) in [7, 11) is 1.54. The lowest BCUT2D eigenvalue weighted by Crippen LogP contribution is -2.46. The van der Waals surface area contributed by atoms with Crippen LogP contribution in [0.1, 0.15) is 30.9 Å². The fraction of sp³-hybridized carbons (Fsp3) is 0.444. The number of ketones is 1. The highest BCUT2D eigenvalue weighted by Gasteiger charge is 2.50. The molecule has 0 radical (unpaired) electrons. The van der Waals surface area contributed by atoms with Gasteiger partial charge in [-0.15, -0.1) is 0 Å². The van der Waals surface area contributed by atoms with Crippen molar-refractivity contribution in [1.29, 1.82) is 0 Å². The van der Waals surface area contributed by atoms with Gasteiger partial charge in [0.25, 0.3) is 0 Å². The molecule has 24 heavy (non-hydrogen) atoms. The number of carbonyl (C=O) groups is 2. The molecule has 128 valence electrons. The van der Waals surface area contributed by atoms with E-state index in [4.69, 9.17) is 14.2 Å². The minimum absolute atomic E-state index is 0.133. The van der Waals surface area contributed by atoms with E-state index in [1.807, 2.05) is 0 Å². The summed E-state index contributed by atoms with van der Waals surface area (Å²) in [5.41, 5.74) is -0.00587. The van der Waals surface area contributed by atoms with Crippen molar-refractivity contribution in [3.05, 3.63) is 34.9 Å². The van der Waals surface area contributed by atoms with Gasteiger partial charge in [0.05, 0.1) is 19.1 Å². The summed E-state index contributed by atoms with van der Waals surface area (Å²) >= 11 is 0. The summed E-state index contributed by atoms with van der Waals surface area (Å²) in [4.78, 5) is 25.4. The highest BCUT2D eigenvalue weighted by Crippen LogP contribution is 2.46. The van der Waals surface area contributed by atoms with Gasteiger partial charge in [-0.1, -0.05) is 0 Å². The van der Waals surface area contributed by atoms with Crippen LogP contribution in [0.3, 0.4) is 0 Å². The van der Waals surface area contributed by atoms with Crippen molar-refractivity contribution in [2.24, 2.45) is 0 Å². The Morgan fingerprint density at radius 2 is 2.04 bits per heavy atom. The molecule has 1 aromatic rings. The zero-order valence-corrected chi connectivity index (χ0v) is 13.8. The number of rotatable bonds is 3. The van der Waals surface area contributed by atoms with Crippen LogP contribution in [0.5, 0.6) is 5.75 Å². The van der Waals surface area contributed by atoms with E-state index in [2.05, 4.69) is 0 Å². The largest absolute Gasteiger partial charge is 0.506 e. The first kappa shape index (κ1) is 16.5. The minimum Gasteiger partial charge on any atom is -0.506 e. The number of ether oxygens (including phenoxy) is 3. The van der Waals surface area contributed by atoms with Gasteiger partial charge in [-0.05, 0) is 43.5 Å². The number of aliphatic hydroxyl groups is 1. The van der Waals surface area contributed by atoms with Crippen LogP contribution in [0, 0.1) is 0 Å². The van der Waals surface area contributed by atoms with Crippen LogP contribution in [0.2, 0.25) is 0 Å². The fourth-order valence-corrected chi connectivity index (χ4v) is 3.47. The Balaban J connectivity index is 2.23. The van der Waals surface area contributed by atoms with Crippen molar-refractivity contribution in [2.75, 3.05) is 26.9 Å². The molecule has 6 heteroatoms. The highest BCUT2D eigenvalue weighted by atomic mass is 16.5. The van der Waals surface area contributed by atoms with Crippen LogP contribution in [0.25, 0.3) is 5.76 Å². The summed E-state index contributed by atoms with van der Waals surface area (Å²) in [5.74, 6) is -0.914. The van der Waals surface area contributed by atoms with Gasteiger partial charge in [0.15, 0.2) is 5.78 Å². The second-order valence-electron chi connectivity index (χ2n) is 5.88. The molecule has 1 N–H and O–H groups in total. The van der Waals surface area contributed by atoms with E-state index in [9.17, 15) is 14.7 Å². The van der Waals surface area contributed by atoms with Crippen LogP contribution < -0.4 is 4.74 Å².